The van der Waals surface area contributed by atoms with Crippen molar-refractivity contribution >= 4 is 23.2 Å². The highest BCUT2D eigenvalue weighted by molar-refractivity contribution is 7.12. The van der Waals surface area contributed by atoms with Gasteiger partial charge in [-0.3, -0.25) is 9.59 Å². The molecule has 0 spiro atoms. The van der Waals surface area contributed by atoms with Crippen molar-refractivity contribution in [1.29, 1.82) is 0 Å². The van der Waals surface area contributed by atoms with E-state index in [1.54, 1.807) is 11.3 Å². The van der Waals surface area contributed by atoms with Gasteiger partial charge in [0.05, 0.1) is 6.04 Å². The van der Waals surface area contributed by atoms with Crippen LogP contribution >= 0.6 is 11.3 Å². The second kappa shape index (κ2) is 7.28. The van der Waals surface area contributed by atoms with Gasteiger partial charge in [-0.1, -0.05) is 0 Å². The number of carbonyl (C=O) groups excluding carboxylic acids is 1. The van der Waals surface area contributed by atoms with Crippen LogP contribution < -0.4 is 5.32 Å². The Morgan fingerprint density at radius 2 is 1.95 bits per heavy atom. The Balaban J connectivity index is 2.36. The van der Waals surface area contributed by atoms with Crippen LogP contribution in [-0.2, 0) is 9.59 Å². The predicted molar refractivity (Wildman–Crippen MR) is 76.5 cm³/mol. The summed E-state index contributed by atoms with van der Waals surface area (Å²) in [5.41, 5.74) is 1.17. The molecule has 1 rings (SSSR count). The first-order valence-corrected chi connectivity index (χ1v) is 7.30. The number of unbranched alkanes of at least 4 members (excludes halogenated alkanes) is 1. The van der Waals surface area contributed by atoms with Gasteiger partial charge in [0, 0.05) is 22.6 Å². The Bertz CT molecular complexity index is 454. The molecule has 1 heterocycles. The molecule has 0 aliphatic rings. The first kappa shape index (κ1) is 15.7. The van der Waals surface area contributed by atoms with Crippen LogP contribution in [-0.4, -0.2) is 17.0 Å². The fraction of sp³-hybridized carbons (Fsp3) is 0.571. The summed E-state index contributed by atoms with van der Waals surface area (Å²) in [6, 6.07) is 2.12. The average molecular weight is 283 g/mol. The molecule has 1 aromatic heterocycles. The van der Waals surface area contributed by atoms with Crippen LogP contribution in [0.1, 0.15) is 54.0 Å². The molecule has 1 aromatic rings. The van der Waals surface area contributed by atoms with E-state index < -0.39 is 5.97 Å². The lowest BCUT2D eigenvalue weighted by Gasteiger charge is -2.13. The number of hydrogen-bond acceptors (Lipinski definition) is 3. The zero-order valence-electron chi connectivity index (χ0n) is 11.7. The van der Waals surface area contributed by atoms with Crippen molar-refractivity contribution in [2.75, 3.05) is 0 Å². The first-order chi connectivity index (χ1) is 8.90. The van der Waals surface area contributed by atoms with Gasteiger partial charge < -0.3 is 10.4 Å². The molecule has 0 aliphatic carbocycles. The number of amides is 1. The largest absolute Gasteiger partial charge is 0.481 e. The number of thiophene rings is 1. The van der Waals surface area contributed by atoms with Crippen molar-refractivity contribution in [2.45, 2.75) is 52.5 Å². The Kier molecular flexibility index (Phi) is 6.02. The van der Waals surface area contributed by atoms with E-state index in [4.69, 9.17) is 5.11 Å². The molecule has 1 atom stereocenters. The smallest absolute Gasteiger partial charge is 0.303 e. The highest BCUT2D eigenvalue weighted by Gasteiger charge is 2.13. The lowest BCUT2D eigenvalue weighted by atomic mass is 10.1. The van der Waals surface area contributed by atoms with Gasteiger partial charge in [-0.15, -0.1) is 11.3 Å². The first-order valence-electron chi connectivity index (χ1n) is 6.48. The summed E-state index contributed by atoms with van der Waals surface area (Å²) in [7, 11) is 0. The van der Waals surface area contributed by atoms with E-state index in [0.717, 1.165) is 0 Å². The predicted octanol–water partition coefficient (Wildman–Crippen LogP) is 3.19. The molecular weight excluding hydrogens is 262 g/mol. The number of hydrogen-bond donors (Lipinski definition) is 2. The van der Waals surface area contributed by atoms with E-state index in [1.165, 1.54) is 15.3 Å². The third-order valence-electron chi connectivity index (χ3n) is 2.97. The Hall–Kier alpha value is -1.36. The molecule has 0 fully saturated rings. The van der Waals surface area contributed by atoms with Crippen LogP contribution in [0.2, 0.25) is 0 Å². The molecule has 1 amide bonds. The van der Waals surface area contributed by atoms with Gasteiger partial charge in [-0.05, 0) is 45.2 Å². The Labute approximate surface area is 117 Å². The second-order valence-electron chi connectivity index (χ2n) is 4.76. The minimum Gasteiger partial charge on any atom is -0.481 e. The highest BCUT2D eigenvalue weighted by Crippen LogP contribution is 2.26. The summed E-state index contributed by atoms with van der Waals surface area (Å²) in [4.78, 5) is 24.6. The fourth-order valence-electron chi connectivity index (χ4n) is 2.03. The van der Waals surface area contributed by atoms with E-state index in [1.807, 2.05) is 6.92 Å². The van der Waals surface area contributed by atoms with Gasteiger partial charge in [0.2, 0.25) is 5.91 Å². The molecule has 5 heteroatoms. The molecule has 0 bridgehead atoms. The minimum atomic E-state index is -0.807. The van der Waals surface area contributed by atoms with E-state index in [0.29, 0.717) is 19.3 Å². The van der Waals surface area contributed by atoms with Crippen LogP contribution in [0.4, 0.5) is 0 Å². The van der Waals surface area contributed by atoms with Gasteiger partial charge >= 0.3 is 5.97 Å². The van der Waals surface area contributed by atoms with Gasteiger partial charge in [0.25, 0.3) is 0 Å². The SMILES string of the molecule is Cc1cc(C(C)NC(=O)CCCCC(=O)O)c(C)s1. The van der Waals surface area contributed by atoms with Crippen LogP contribution in [0, 0.1) is 13.8 Å². The maximum Gasteiger partial charge on any atom is 0.303 e. The van der Waals surface area contributed by atoms with Crippen LogP contribution in [0.5, 0.6) is 0 Å². The van der Waals surface area contributed by atoms with Crippen LogP contribution in [0.3, 0.4) is 0 Å². The summed E-state index contributed by atoms with van der Waals surface area (Å²) >= 11 is 1.73. The fourth-order valence-corrected chi connectivity index (χ4v) is 3.06. The zero-order valence-corrected chi connectivity index (χ0v) is 12.5. The van der Waals surface area contributed by atoms with Crippen molar-refractivity contribution in [2.24, 2.45) is 0 Å². The van der Waals surface area contributed by atoms with E-state index >= 15 is 0 Å². The summed E-state index contributed by atoms with van der Waals surface area (Å²) in [5.74, 6) is -0.820. The monoisotopic (exact) mass is 283 g/mol. The lowest BCUT2D eigenvalue weighted by molar-refractivity contribution is -0.137. The van der Waals surface area contributed by atoms with Gasteiger partial charge in [0.1, 0.15) is 0 Å². The number of nitrogens with one attached hydrogen (secondary N) is 1. The summed E-state index contributed by atoms with van der Waals surface area (Å²) in [6.45, 7) is 6.09. The normalized spacial score (nSPS) is 12.2. The van der Waals surface area contributed by atoms with Crippen molar-refractivity contribution in [1.82, 2.24) is 5.32 Å². The molecule has 2 N–H and O–H groups in total. The molecule has 0 aliphatic heterocycles. The highest BCUT2D eigenvalue weighted by atomic mass is 32.1. The number of carboxylic acids is 1. The van der Waals surface area contributed by atoms with Crippen molar-refractivity contribution in [3.8, 4) is 0 Å². The molecule has 1 unspecified atom stereocenters. The standard InChI is InChI=1S/C14H21NO3S/c1-9-8-12(11(3)19-9)10(2)15-13(16)6-4-5-7-14(17)18/h8,10H,4-7H2,1-3H3,(H,15,16)(H,17,18). The number of carbonyl (C=O) groups is 2. The maximum atomic E-state index is 11.7. The average Bonchev–Trinajstić information content (AvgIpc) is 2.64. The van der Waals surface area contributed by atoms with Gasteiger partial charge in [0.15, 0.2) is 0 Å². The second-order valence-corrected chi connectivity index (χ2v) is 6.22. The quantitative estimate of drug-likeness (QED) is 0.755. The molecule has 0 radical (unpaired) electrons. The van der Waals surface area contributed by atoms with Gasteiger partial charge in [-0.2, -0.15) is 0 Å². The summed E-state index contributed by atoms with van der Waals surface area (Å²) < 4.78 is 0. The molecule has 4 nitrogen and oxygen atoms in total. The van der Waals surface area contributed by atoms with Crippen molar-refractivity contribution < 1.29 is 14.7 Å². The summed E-state index contributed by atoms with van der Waals surface area (Å²) in [6.07, 6.45) is 1.69. The minimum absolute atomic E-state index is 0.0110. The topological polar surface area (TPSA) is 66.4 Å². The third kappa shape index (κ3) is 5.42. The van der Waals surface area contributed by atoms with Crippen molar-refractivity contribution in [3.63, 3.8) is 0 Å². The molecule has 0 aromatic carbocycles. The molecule has 0 saturated carbocycles. The molecule has 19 heavy (non-hydrogen) atoms. The number of carboxylic acid groups (broad SMARTS) is 1. The van der Waals surface area contributed by atoms with Crippen LogP contribution in [0.25, 0.3) is 0 Å². The van der Waals surface area contributed by atoms with E-state index in [2.05, 4.69) is 25.2 Å². The van der Waals surface area contributed by atoms with Crippen LogP contribution in [0.15, 0.2) is 6.07 Å². The van der Waals surface area contributed by atoms with E-state index in [9.17, 15) is 9.59 Å². The summed E-state index contributed by atoms with van der Waals surface area (Å²) in [5, 5.41) is 11.5. The maximum absolute atomic E-state index is 11.7. The van der Waals surface area contributed by atoms with Gasteiger partial charge in [-0.25, -0.2) is 0 Å². The number of aryl methyl sites for hydroxylation is 2. The van der Waals surface area contributed by atoms with Crippen molar-refractivity contribution in [3.05, 3.63) is 21.4 Å². The number of aliphatic carboxylic acids is 1. The molecular formula is C14H21NO3S. The Morgan fingerprint density at radius 3 is 2.47 bits per heavy atom. The third-order valence-corrected chi connectivity index (χ3v) is 3.95. The molecule has 0 saturated heterocycles. The zero-order chi connectivity index (χ0) is 14.4. The van der Waals surface area contributed by atoms with E-state index in [-0.39, 0.29) is 18.4 Å². The molecule has 106 valence electrons. The lowest BCUT2D eigenvalue weighted by Crippen LogP contribution is -2.26. The number of rotatable bonds is 7. The Morgan fingerprint density at radius 1 is 1.32 bits per heavy atom.